The van der Waals surface area contributed by atoms with E-state index >= 15 is 0 Å². The van der Waals surface area contributed by atoms with E-state index in [2.05, 4.69) is 40.7 Å². The lowest BCUT2D eigenvalue weighted by atomic mass is 10.00. The Balaban J connectivity index is 1.96. The van der Waals surface area contributed by atoms with Crippen LogP contribution in [0.2, 0.25) is 0 Å². The summed E-state index contributed by atoms with van der Waals surface area (Å²) in [5.41, 5.74) is 10.6. The smallest absolute Gasteiger partial charge is 0.201 e. The molecule has 0 spiro atoms. The second-order valence-corrected chi connectivity index (χ2v) is 5.47. The number of imidazole rings is 1. The Morgan fingerprint density at radius 1 is 1.19 bits per heavy atom. The lowest BCUT2D eigenvalue weighted by Gasteiger charge is -2.28. The molecule has 2 aromatic carbocycles. The molecule has 0 amide bonds. The molecule has 1 aliphatic heterocycles. The molecule has 0 bridgehead atoms. The Bertz CT molecular complexity index is 822. The van der Waals surface area contributed by atoms with E-state index in [-0.39, 0.29) is 6.04 Å². The molecule has 1 aromatic heterocycles. The second-order valence-electron chi connectivity index (χ2n) is 5.47. The van der Waals surface area contributed by atoms with Gasteiger partial charge in [-0.05, 0) is 24.6 Å². The Morgan fingerprint density at radius 3 is 2.95 bits per heavy atom. The molecule has 106 valence electrons. The highest BCUT2D eigenvalue weighted by Crippen LogP contribution is 2.38. The van der Waals surface area contributed by atoms with Gasteiger partial charge in [0.05, 0.1) is 23.7 Å². The van der Waals surface area contributed by atoms with Gasteiger partial charge >= 0.3 is 0 Å². The summed E-state index contributed by atoms with van der Waals surface area (Å²) >= 11 is 0. The fourth-order valence-electron chi connectivity index (χ4n) is 3.19. The summed E-state index contributed by atoms with van der Waals surface area (Å²) in [6, 6.07) is 14.6. The van der Waals surface area contributed by atoms with Crippen molar-refractivity contribution in [3.8, 4) is 5.75 Å². The van der Waals surface area contributed by atoms with Gasteiger partial charge in [0.15, 0.2) is 0 Å². The molecular weight excluding hydrogens is 262 g/mol. The largest absolute Gasteiger partial charge is 0.493 e. The highest BCUT2D eigenvalue weighted by atomic mass is 16.5. The minimum Gasteiger partial charge on any atom is -0.493 e. The number of ether oxygens (including phenoxy) is 1. The van der Waals surface area contributed by atoms with Crippen LogP contribution in [-0.4, -0.2) is 16.2 Å². The van der Waals surface area contributed by atoms with E-state index in [4.69, 9.17) is 10.5 Å². The van der Waals surface area contributed by atoms with E-state index in [1.54, 1.807) is 0 Å². The maximum absolute atomic E-state index is 6.22. The summed E-state index contributed by atoms with van der Waals surface area (Å²) in [6.45, 7) is 2.77. The van der Waals surface area contributed by atoms with Gasteiger partial charge in [-0.3, -0.25) is 0 Å². The van der Waals surface area contributed by atoms with Crippen LogP contribution in [0, 0.1) is 6.92 Å². The standard InChI is InChI=1S/C17H17N3O/c1-11-5-4-7-14-16(11)19-17(18)20(14)13-9-10-21-15-8-3-2-6-12(13)15/h2-8,13H,9-10H2,1H3,(H2,18,19). The van der Waals surface area contributed by atoms with Crippen LogP contribution in [0.15, 0.2) is 42.5 Å². The van der Waals surface area contributed by atoms with Crippen LogP contribution < -0.4 is 10.5 Å². The van der Waals surface area contributed by atoms with Gasteiger partial charge in [-0.1, -0.05) is 30.3 Å². The number of anilines is 1. The first-order valence-electron chi connectivity index (χ1n) is 7.20. The lowest BCUT2D eigenvalue weighted by molar-refractivity contribution is 0.259. The second kappa shape index (κ2) is 4.52. The Kier molecular flexibility index (Phi) is 2.64. The van der Waals surface area contributed by atoms with Crippen molar-refractivity contribution in [1.29, 1.82) is 0 Å². The fraction of sp³-hybridized carbons (Fsp3) is 0.235. The van der Waals surface area contributed by atoms with Gasteiger partial charge in [-0.15, -0.1) is 0 Å². The van der Waals surface area contributed by atoms with E-state index in [0.717, 1.165) is 28.8 Å². The zero-order chi connectivity index (χ0) is 14.4. The molecule has 21 heavy (non-hydrogen) atoms. The number of fused-ring (bicyclic) bond motifs is 2. The van der Waals surface area contributed by atoms with Crippen molar-refractivity contribution in [2.75, 3.05) is 12.3 Å². The summed E-state index contributed by atoms with van der Waals surface area (Å²) in [5, 5.41) is 0. The first-order chi connectivity index (χ1) is 10.3. The van der Waals surface area contributed by atoms with Crippen LogP contribution >= 0.6 is 0 Å². The number of nitrogens with zero attached hydrogens (tertiary/aromatic N) is 2. The maximum atomic E-state index is 6.22. The van der Waals surface area contributed by atoms with Crippen LogP contribution in [0.1, 0.15) is 23.6 Å². The van der Waals surface area contributed by atoms with Crippen molar-refractivity contribution in [1.82, 2.24) is 9.55 Å². The van der Waals surface area contributed by atoms with Gasteiger partial charge in [0, 0.05) is 12.0 Å². The first kappa shape index (κ1) is 12.3. The number of nitrogen functional groups attached to an aromatic ring is 1. The van der Waals surface area contributed by atoms with E-state index < -0.39 is 0 Å². The van der Waals surface area contributed by atoms with Gasteiger partial charge in [0.2, 0.25) is 5.95 Å². The number of para-hydroxylation sites is 2. The summed E-state index contributed by atoms with van der Waals surface area (Å²) in [6.07, 6.45) is 0.903. The number of hydrogen-bond donors (Lipinski definition) is 1. The molecular formula is C17H17N3O. The third-order valence-corrected chi connectivity index (χ3v) is 4.19. The molecule has 0 saturated heterocycles. The normalized spacial score (nSPS) is 17.5. The molecule has 0 fully saturated rings. The number of aryl methyl sites for hydroxylation is 1. The molecule has 3 aromatic rings. The number of rotatable bonds is 1. The maximum Gasteiger partial charge on any atom is 0.201 e. The average molecular weight is 279 g/mol. The topological polar surface area (TPSA) is 53.1 Å². The van der Waals surface area contributed by atoms with Crippen molar-refractivity contribution < 1.29 is 4.74 Å². The van der Waals surface area contributed by atoms with Crippen LogP contribution in [0.3, 0.4) is 0 Å². The van der Waals surface area contributed by atoms with Crippen molar-refractivity contribution in [2.45, 2.75) is 19.4 Å². The number of hydrogen-bond acceptors (Lipinski definition) is 3. The minimum absolute atomic E-state index is 0.182. The van der Waals surface area contributed by atoms with Crippen molar-refractivity contribution >= 4 is 17.0 Å². The Hall–Kier alpha value is -2.49. The zero-order valence-corrected chi connectivity index (χ0v) is 11.9. The molecule has 0 aliphatic carbocycles. The van der Waals surface area contributed by atoms with Crippen LogP contribution in [0.5, 0.6) is 5.75 Å². The molecule has 4 heteroatoms. The van der Waals surface area contributed by atoms with E-state index in [1.807, 2.05) is 18.2 Å². The molecule has 4 rings (SSSR count). The number of benzene rings is 2. The molecule has 1 atom stereocenters. The SMILES string of the molecule is Cc1cccc2c1nc(N)n2C1CCOc2ccccc21. The molecule has 0 saturated carbocycles. The van der Waals surface area contributed by atoms with Crippen molar-refractivity contribution in [3.05, 3.63) is 53.6 Å². The zero-order valence-electron chi connectivity index (χ0n) is 11.9. The van der Waals surface area contributed by atoms with Crippen LogP contribution in [-0.2, 0) is 0 Å². The summed E-state index contributed by atoms with van der Waals surface area (Å²) in [4.78, 5) is 4.56. The predicted octanol–water partition coefficient (Wildman–Crippen LogP) is 3.30. The van der Waals surface area contributed by atoms with Gasteiger partial charge < -0.3 is 15.0 Å². The molecule has 2 heterocycles. The summed E-state index contributed by atoms with van der Waals surface area (Å²) < 4.78 is 7.90. The van der Waals surface area contributed by atoms with E-state index in [1.165, 1.54) is 5.56 Å². The number of aromatic nitrogens is 2. The van der Waals surface area contributed by atoms with Crippen LogP contribution in [0.4, 0.5) is 5.95 Å². The third-order valence-electron chi connectivity index (χ3n) is 4.19. The van der Waals surface area contributed by atoms with Gasteiger partial charge in [-0.25, -0.2) is 4.98 Å². The molecule has 1 aliphatic rings. The van der Waals surface area contributed by atoms with Crippen LogP contribution in [0.25, 0.3) is 11.0 Å². The van der Waals surface area contributed by atoms with Gasteiger partial charge in [0.1, 0.15) is 5.75 Å². The third kappa shape index (κ3) is 1.79. The Morgan fingerprint density at radius 2 is 2.05 bits per heavy atom. The monoisotopic (exact) mass is 279 g/mol. The van der Waals surface area contributed by atoms with E-state index in [0.29, 0.717) is 12.6 Å². The first-order valence-corrected chi connectivity index (χ1v) is 7.20. The molecule has 1 unspecified atom stereocenters. The van der Waals surface area contributed by atoms with Crippen molar-refractivity contribution in [2.24, 2.45) is 0 Å². The summed E-state index contributed by atoms with van der Waals surface area (Å²) in [7, 11) is 0. The highest BCUT2D eigenvalue weighted by Gasteiger charge is 2.26. The quantitative estimate of drug-likeness (QED) is 0.743. The number of nitrogens with two attached hydrogens (primary N) is 1. The predicted molar refractivity (Wildman–Crippen MR) is 83.6 cm³/mol. The van der Waals surface area contributed by atoms with Gasteiger partial charge in [-0.2, -0.15) is 0 Å². The lowest BCUT2D eigenvalue weighted by Crippen LogP contribution is -2.21. The minimum atomic E-state index is 0.182. The molecule has 2 N–H and O–H groups in total. The molecule has 4 nitrogen and oxygen atoms in total. The average Bonchev–Trinajstić information content (AvgIpc) is 2.84. The molecule has 0 radical (unpaired) electrons. The fourth-order valence-corrected chi connectivity index (χ4v) is 3.19. The van der Waals surface area contributed by atoms with Gasteiger partial charge in [0.25, 0.3) is 0 Å². The highest BCUT2D eigenvalue weighted by molar-refractivity contribution is 5.82. The van der Waals surface area contributed by atoms with E-state index in [9.17, 15) is 0 Å². The van der Waals surface area contributed by atoms with Crippen molar-refractivity contribution in [3.63, 3.8) is 0 Å². The Labute approximate surface area is 123 Å². The summed E-state index contributed by atoms with van der Waals surface area (Å²) in [5.74, 6) is 1.52.